The number of esters is 1. The molecule has 0 aliphatic heterocycles. The van der Waals surface area contributed by atoms with Crippen LogP contribution in [-0.2, 0) is 16.1 Å². The first kappa shape index (κ1) is 19.1. The number of carbonyl (C=O) groups excluding carboxylic acids is 2. The lowest BCUT2D eigenvalue weighted by molar-refractivity contribution is -0.123. The molecule has 28 heavy (non-hydrogen) atoms. The topological polar surface area (TPSA) is 95.3 Å². The number of hydrogen-bond donors (Lipinski definition) is 1. The molecule has 8 nitrogen and oxygen atoms in total. The monoisotopic (exact) mass is 380 g/mol. The fraction of sp³-hybridized carbons (Fsp3) is 0.200. The van der Waals surface area contributed by atoms with E-state index in [0.717, 1.165) is 5.56 Å². The summed E-state index contributed by atoms with van der Waals surface area (Å²) < 4.78 is 12.0. The quantitative estimate of drug-likeness (QED) is 0.633. The van der Waals surface area contributed by atoms with Crippen LogP contribution in [0.5, 0.6) is 5.75 Å². The molecule has 1 amide bonds. The summed E-state index contributed by atoms with van der Waals surface area (Å²) in [7, 11) is 1.57. The SMILES string of the molecule is COc1ccc(NC(=O)[C@@H](C)OC(=O)c2ccc(Cn3cncn3)cc2)cc1. The fourth-order valence-corrected chi connectivity index (χ4v) is 2.45. The van der Waals surface area contributed by atoms with Gasteiger partial charge in [0.1, 0.15) is 18.4 Å². The Hall–Kier alpha value is -3.68. The molecule has 0 aliphatic rings. The van der Waals surface area contributed by atoms with Crippen LogP contribution in [0.1, 0.15) is 22.8 Å². The van der Waals surface area contributed by atoms with E-state index in [4.69, 9.17) is 9.47 Å². The van der Waals surface area contributed by atoms with Crippen molar-refractivity contribution in [3.63, 3.8) is 0 Å². The predicted octanol–water partition coefficient (Wildman–Crippen LogP) is 2.52. The standard InChI is InChI=1S/C20H20N4O4/c1-14(19(25)23-17-7-9-18(27-2)10-8-17)28-20(26)16-5-3-15(4-6-16)11-24-13-21-12-22-24/h3-10,12-14H,11H2,1-2H3,(H,23,25)/t14-/m1/s1. The minimum Gasteiger partial charge on any atom is -0.497 e. The molecule has 0 radical (unpaired) electrons. The average molecular weight is 380 g/mol. The van der Waals surface area contributed by atoms with Crippen LogP contribution in [0.4, 0.5) is 5.69 Å². The highest BCUT2D eigenvalue weighted by Gasteiger charge is 2.19. The molecule has 0 fully saturated rings. The molecule has 1 aromatic heterocycles. The number of methoxy groups -OCH3 is 1. The van der Waals surface area contributed by atoms with E-state index < -0.39 is 18.0 Å². The number of ether oxygens (including phenoxy) is 2. The van der Waals surface area contributed by atoms with E-state index in [2.05, 4.69) is 15.4 Å². The molecule has 1 atom stereocenters. The zero-order chi connectivity index (χ0) is 19.9. The summed E-state index contributed by atoms with van der Waals surface area (Å²) in [6, 6.07) is 13.8. The van der Waals surface area contributed by atoms with Crippen LogP contribution < -0.4 is 10.1 Å². The van der Waals surface area contributed by atoms with Gasteiger partial charge < -0.3 is 14.8 Å². The molecule has 0 unspecified atom stereocenters. The van der Waals surface area contributed by atoms with Gasteiger partial charge in [0.2, 0.25) is 0 Å². The number of benzene rings is 2. The van der Waals surface area contributed by atoms with Crippen molar-refractivity contribution in [2.75, 3.05) is 12.4 Å². The van der Waals surface area contributed by atoms with Crippen LogP contribution in [0.3, 0.4) is 0 Å². The molecule has 3 rings (SSSR count). The second-order valence-corrected chi connectivity index (χ2v) is 6.06. The molecule has 3 aromatic rings. The number of anilines is 1. The van der Waals surface area contributed by atoms with Crippen molar-refractivity contribution < 1.29 is 19.1 Å². The summed E-state index contributed by atoms with van der Waals surface area (Å²) in [5, 5.41) is 6.73. The Morgan fingerprint density at radius 2 is 1.82 bits per heavy atom. The Bertz CT molecular complexity index is 922. The minimum atomic E-state index is -0.940. The van der Waals surface area contributed by atoms with E-state index in [1.165, 1.54) is 13.3 Å². The van der Waals surface area contributed by atoms with Gasteiger partial charge >= 0.3 is 5.97 Å². The van der Waals surface area contributed by atoms with Crippen molar-refractivity contribution in [3.05, 3.63) is 72.3 Å². The highest BCUT2D eigenvalue weighted by atomic mass is 16.5. The van der Waals surface area contributed by atoms with E-state index in [9.17, 15) is 9.59 Å². The molecule has 1 N–H and O–H groups in total. The van der Waals surface area contributed by atoms with E-state index in [-0.39, 0.29) is 0 Å². The maximum atomic E-state index is 12.3. The van der Waals surface area contributed by atoms with Gasteiger partial charge in [-0.3, -0.25) is 4.79 Å². The molecule has 0 spiro atoms. The maximum absolute atomic E-state index is 12.3. The third kappa shape index (κ3) is 4.94. The number of hydrogen-bond acceptors (Lipinski definition) is 6. The summed E-state index contributed by atoms with van der Waals surface area (Å²) in [6.07, 6.45) is 2.14. The van der Waals surface area contributed by atoms with Gasteiger partial charge in [0.15, 0.2) is 6.10 Å². The van der Waals surface area contributed by atoms with Crippen LogP contribution in [0.25, 0.3) is 0 Å². The molecule has 0 saturated carbocycles. The van der Waals surface area contributed by atoms with E-state index in [0.29, 0.717) is 23.5 Å². The second-order valence-electron chi connectivity index (χ2n) is 6.06. The van der Waals surface area contributed by atoms with Crippen molar-refractivity contribution in [1.82, 2.24) is 14.8 Å². The van der Waals surface area contributed by atoms with E-state index in [1.807, 2.05) is 0 Å². The second kappa shape index (κ2) is 8.81. The van der Waals surface area contributed by atoms with Crippen molar-refractivity contribution in [1.29, 1.82) is 0 Å². The Morgan fingerprint density at radius 3 is 2.43 bits per heavy atom. The van der Waals surface area contributed by atoms with Gasteiger partial charge in [0.25, 0.3) is 5.91 Å². The summed E-state index contributed by atoms with van der Waals surface area (Å²) in [4.78, 5) is 28.4. The first-order valence-corrected chi connectivity index (χ1v) is 8.62. The van der Waals surface area contributed by atoms with Gasteiger partial charge in [-0.15, -0.1) is 0 Å². The van der Waals surface area contributed by atoms with Crippen LogP contribution in [0.15, 0.2) is 61.2 Å². The number of carbonyl (C=O) groups is 2. The largest absolute Gasteiger partial charge is 0.497 e. The number of amides is 1. The minimum absolute atomic E-state index is 0.367. The summed E-state index contributed by atoms with van der Waals surface area (Å²) in [5.74, 6) is -0.296. The molecule has 0 bridgehead atoms. The predicted molar refractivity (Wildman–Crippen MR) is 102 cm³/mol. The number of nitrogens with zero attached hydrogens (tertiary/aromatic N) is 3. The van der Waals surface area contributed by atoms with Gasteiger partial charge in [-0.2, -0.15) is 5.10 Å². The highest BCUT2D eigenvalue weighted by molar-refractivity contribution is 5.97. The first-order valence-electron chi connectivity index (χ1n) is 8.62. The summed E-state index contributed by atoms with van der Waals surface area (Å²) in [6.45, 7) is 2.08. The lowest BCUT2D eigenvalue weighted by Gasteiger charge is -2.14. The van der Waals surface area contributed by atoms with E-state index in [1.54, 1.807) is 66.6 Å². The number of aromatic nitrogens is 3. The Balaban J connectivity index is 1.54. The van der Waals surface area contributed by atoms with Gasteiger partial charge in [0.05, 0.1) is 19.2 Å². The maximum Gasteiger partial charge on any atom is 0.338 e. The summed E-state index contributed by atoms with van der Waals surface area (Å²) in [5.41, 5.74) is 1.92. The first-order chi connectivity index (χ1) is 13.5. The molecular weight excluding hydrogens is 360 g/mol. The lowest BCUT2D eigenvalue weighted by Crippen LogP contribution is -2.30. The molecule has 1 heterocycles. The summed E-state index contributed by atoms with van der Waals surface area (Å²) >= 11 is 0. The third-order valence-corrected chi connectivity index (χ3v) is 4.01. The number of rotatable bonds is 7. The van der Waals surface area contributed by atoms with Crippen LogP contribution in [0, 0.1) is 0 Å². The van der Waals surface area contributed by atoms with Gasteiger partial charge in [0, 0.05) is 5.69 Å². The van der Waals surface area contributed by atoms with Gasteiger partial charge in [-0.25, -0.2) is 14.5 Å². The van der Waals surface area contributed by atoms with Crippen LogP contribution in [-0.4, -0.2) is 39.9 Å². The van der Waals surface area contributed by atoms with Crippen molar-refractivity contribution in [2.24, 2.45) is 0 Å². The average Bonchev–Trinajstić information content (AvgIpc) is 3.22. The molecule has 2 aromatic carbocycles. The molecule has 144 valence electrons. The van der Waals surface area contributed by atoms with Crippen molar-refractivity contribution in [3.8, 4) is 5.75 Å². The van der Waals surface area contributed by atoms with Crippen molar-refractivity contribution in [2.45, 2.75) is 19.6 Å². The highest BCUT2D eigenvalue weighted by Crippen LogP contribution is 2.16. The Kier molecular flexibility index (Phi) is 6.01. The molecular formula is C20H20N4O4. The molecule has 8 heteroatoms. The zero-order valence-electron chi connectivity index (χ0n) is 15.5. The number of nitrogens with one attached hydrogen (secondary N) is 1. The molecule has 0 aliphatic carbocycles. The zero-order valence-corrected chi connectivity index (χ0v) is 15.5. The normalized spacial score (nSPS) is 11.5. The third-order valence-electron chi connectivity index (χ3n) is 4.01. The van der Waals surface area contributed by atoms with Gasteiger partial charge in [-0.1, -0.05) is 12.1 Å². The lowest BCUT2D eigenvalue weighted by atomic mass is 10.1. The smallest absolute Gasteiger partial charge is 0.338 e. The Morgan fingerprint density at radius 1 is 1.11 bits per heavy atom. The van der Waals surface area contributed by atoms with Crippen LogP contribution >= 0.6 is 0 Å². The molecule has 0 saturated heterocycles. The van der Waals surface area contributed by atoms with Gasteiger partial charge in [-0.05, 0) is 48.9 Å². The van der Waals surface area contributed by atoms with Crippen LogP contribution in [0.2, 0.25) is 0 Å². The Labute approximate surface area is 162 Å². The van der Waals surface area contributed by atoms with E-state index >= 15 is 0 Å². The van der Waals surface area contributed by atoms with Crippen molar-refractivity contribution >= 4 is 17.6 Å². The fourth-order valence-electron chi connectivity index (χ4n) is 2.45.